The fourth-order valence-corrected chi connectivity index (χ4v) is 3.43. The first-order valence-electron chi connectivity index (χ1n) is 9.87. The van der Waals surface area contributed by atoms with E-state index in [2.05, 4.69) is 32.6 Å². The van der Waals surface area contributed by atoms with Crippen LogP contribution in [-0.2, 0) is 4.79 Å². The number of urea groups is 1. The average molecular weight is 494 g/mol. The van der Waals surface area contributed by atoms with Crippen molar-refractivity contribution < 1.29 is 14.7 Å². The van der Waals surface area contributed by atoms with Gasteiger partial charge >= 0.3 is 12.0 Å². The molecule has 0 saturated heterocycles. The number of carboxylic acids is 1. The molecule has 0 radical (unpaired) electrons. The summed E-state index contributed by atoms with van der Waals surface area (Å²) in [6, 6.07) is 3.70. The normalized spacial score (nSPS) is 10.5. The molecule has 0 bridgehead atoms. The minimum atomic E-state index is -1.19. The molecule has 2 rings (SSSR count). The Labute approximate surface area is 201 Å². The van der Waals surface area contributed by atoms with Gasteiger partial charge in [0.2, 0.25) is 0 Å². The number of anilines is 3. The minimum absolute atomic E-state index is 0.00654. The summed E-state index contributed by atoms with van der Waals surface area (Å²) in [5, 5.41) is 24.5. The number of amides is 2. The molecule has 33 heavy (non-hydrogen) atoms. The van der Waals surface area contributed by atoms with E-state index in [1.54, 1.807) is 19.1 Å². The summed E-state index contributed by atoms with van der Waals surface area (Å²) in [4.78, 5) is 32.4. The van der Waals surface area contributed by atoms with Crippen LogP contribution in [0.5, 0.6) is 0 Å². The maximum Gasteiger partial charge on any atom is 0.338 e. The number of carbonyl (C=O) groups is 2. The van der Waals surface area contributed by atoms with Gasteiger partial charge in [0.1, 0.15) is 28.5 Å². The molecule has 0 aliphatic heterocycles. The Hall–Kier alpha value is -3.37. The summed E-state index contributed by atoms with van der Waals surface area (Å²) >= 11 is 11.7. The Balaban J connectivity index is 2.45. The van der Waals surface area contributed by atoms with Crippen molar-refractivity contribution >= 4 is 58.2 Å². The number of rotatable bonds is 10. The van der Waals surface area contributed by atoms with E-state index >= 15 is 0 Å². The number of nitrogens with zero attached hydrogens (tertiary/aromatic N) is 3. The fourth-order valence-electron chi connectivity index (χ4n) is 2.97. The van der Waals surface area contributed by atoms with E-state index in [-0.39, 0.29) is 27.7 Å². The Bertz CT molecular complexity index is 1060. The predicted octanol–water partition coefficient (Wildman–Crippen LogP) is 4.52. The molecule has 0 unspecified atom stereocenters. The lowest BCUT2D eigenvalue weighted by Gasteiger charge is -2.26. The van der Waals surface area contributed by atoms with Gasteiger partial charge in [-0.25, -0.2) is 20.2 Å². The van der Waals surface area contributed by atoms with Crippen molar-refractivity contribution in [2.24, 2.45) is 0 Å². The van der Waals surface area contributed by atoms with Crippen molar-refractivity contribution in [1.29, 1.82) is 5.41 Å². The van der Waals surface area contributed by atoms with Gasteiger partial charge in [0, 0.05) is 23.5 Å². The van der Waals surface area contributed by atoms with Gasteiger partial charge in [0.25, 0.3) is 0 Å². The number of pyridine rings is 2. The first-order valence-corrected chi connectivity index (χ1v) is 10.6. The smallest absolute Gasteiger partial charge is 0.338 e. The van der Waals surface area contributed by atoms with Gasteiger partial charge in [-0.3, -0.25) is 9.80 Å². The quantitative estimate of drug-likeness (QED) is 0.141. The van der Waals surface area contributed by atoms with Gasteiger partial charge in [-0.15, -0.1) is 6.58 Å². The van der Waals surface area contributed by atoms with E-state index in [4.69, 9.17) is 28.6 Å². The second kappa shape index (κ2) is 11.5. The van der Waals surface area contributed by atoms with Crippen LogP contribution in [0.4, 0.5) is 22.1 Å². The molecular weight excluding hydrogens is 469 g/mol. The van der Waals surface area contributed by atoms with Gasteiger partial charge in [-0.1, -0.05) is 43.1 Å². The van der Waals surface area contributed by atoms with E-state index in [0.717, 1.165) is 10.6 Å². The van der Waals surface area contributed by atoms with Crippen molar-refractivity contribution in [3.63, 3.8) is 0 Å². The molecule has 2 heterocycles. The zero-order valence-corrected chi connectivity index (χ0v) is 19.9. The number of aromatic nitrogens is 2. The molecule has 2 aromatic heterocycles. The van der Waals surface area contributed by atoms with Crippen LogP contribution in [0.25, 0.3) is 0 Å². The van der Waals surface area contributed by atoms with Crippen LogP contribution in [0.2, 0.25) is 10.3 Å². The number of carbonyl (C=O) groups excluding carboxylic acids is 1. The van der Waals surface area contributed by atoms with Crippen LogP contribution in [0.3, 0.4) is 0 Å². The maximum absolute atomic E-state index is 12.6. The zero-order valence-electron chi connectivity index (χ0n) is 18.4. The highest BCUT2D eigenvalue weighted by atomic mass is 35.5. The van der Waals surface area contributed by atoms with Crippen molar-refractivity contribution in [2.75, 3.05) is 28.7 Å². The largest absolute Gasteiger partial charge is 0.480 e. The van der Waals surface area contributed by atoms with Crippen molar-refractivity contribution in [2.45, 2.75) is 26.7 Å². The fraction of sp³-hybridized carbons (Fsp3) is 0.286. The summed E-state index contributed by atoms with van der Waals surface area (Å²) in [6.45, 7) is 9.02. The molecular formula is C21H25Cl2N7O3. The van der Waals surface area contributed by atoms with Crippen molar-refractivity contribution in [1.82, 2.24) is 15.4 Å². The van der Waals surface area contributed by atoms with Gasteiger partial charge in [0.05, 0.1) is 0 Å². The van der Waals surface area contributed by atoms with Crippen LogP contribution in [0.1, 0.15) is 37.8 Å². The lowest BCUT2D eigenvalue weighted by molar-refractivity contribution is -0.135. The van der Waals surface area contributed by atoms with Crippen LogP contribution in [0, 0.1) is 5.41 Å². The highest BCUT2D eigenvalue weighted by Crippen LogP contribution is 2.29. The van der Waals surface area contributed by atoms with Crippen molar-refractivity contribution in [3.8, 4) is 0 Å². The molecule has 2 amide bonds. The van der Waals surface area contributed by atoms with Crippen molar-refractivity contribution in [3.05, 3.63) is 52.3 Å². The molecule has 0 aliphatic rings. The van der Waals surface area contributed by atoms with Gasteiger partial charge in [0.15, 0.2) is 0 Å². The number of hydrogen-bond donors (Lipinski definition) is 5. The topological polar surface area (TPSA) is 143 Å². The lowest BCUT2D eigenvalue weighted by Crippen LogP contribution is -2.47. The first kappa shape index (κ1) is 25.9. The van der Waals surface area contributed by atoms with E-state index in [1.807, 2.05) is 13.8 Å². The number of hydrogen-bond acceptors (Lipinski definition) is 7. The van der Waals surface area contributed by atoms with Crippen LogP contribution >= 0.6 is 23.2 Å². The molecule has 0 saturated carbocycles. The second-order valence-electron chi connectivity index (χ2n) is 7.29. The standard InChI is InChI=1S/C21H25Cl2N7O3/c1-5-6-25-20-19(12(4)24)14(11(2)3)9-17(28-20)30(10-18(31)32)29-21(33)26-13-7-15(22)27-16(23)8-13/h5,7-9,11,24H,1,6,10H2,2-4H3,(H,25,28)(H,31,32)(H2,26,27,29,33). The lowest BCUT2D eigenvalue weighted by atomic mass is 9.95. The number of aliphatic carboxylic acids is 1. The molecule has 0 fully saturated rings. The molecule has 10 nitrogen and oxygen atoms in total. The predicted molar refractivity (Wildman–Crippen MR) is 131 cm³/mol. The summed E-state index contributed by atoms with van der Waals surface area (Å²) in [6.07, 6.45) is 1.64. The number of halogens is 2. The third-order valence-electron chi connectivity index (χ3n) is 4.27. The van der Waals surface area contributed by atoms with Crippen LogP contribution in [-0.4, -0.2) is 45.9 Å². The third kappa shape index (κ3) is 7.33. The molecule has 2 aromatic rings. The SMILES string of the molecule is C=CCNc1nc(N(CC(=O)O)NC(=O)Nc2cc(Cl)nc(Cl)c2)cc(C(C)C)c1C(C)=N. The molecule has 0 aromatic carbocycles. The van der Waals surface area contributed by atoms with E-state index in [0.29, 0.717) is 23.6 Å². The Morgan fingerprint density at radius 2 is 1.88 bits per heavy atom. The van der Waals surface area contributed by atoms with E-state index in [1.165, 1.54) is 12.1 Å². The Morgan fingerprint density at radius 1 is 1.24 bits per heavy atom. The third-order valence-corrected chi connectivity index (χ3v) is 4.66. The average Bonchev–Trinajstić information content (AvgIpc) is 2.69. The first-order chi connectivity index (χ1) is 15.5. The maximum atomic E-state index is 12.6. The Morgan fingerprint density at radius 3 is 2.39 bits per heavy atom. The summed E-state index contributed by atoms with van der Waals surface area (Å²) in [7, 11) is 0. The highest BCUT2D eigenvalue weighted by molar-refractivity contribution is 6.33. The molecule has 5 N–H and O–H groups in total. The molecule has 176 valence electrons. The van der Waals surface area contributed by atoms with Crippen LogP contribution in [0.15, 0.2) is 30.9 Å². The zero-order chi connectivity index (χ0) is 24.7. The number of hydrazine groups is 1. The van der Waals surface area contributed by atoms with Gasteiger partial charge < -0.3 is 21.1 Å². The van der Waals surface area contributed by atoms with Crippen LogP contribution < -0.4 is 21.1 Å². The van der Waals surface area contributed by atoms with E-state index < -0.39 is 18.5 Å². The van der Waals surface area contributed by atoms with E-state index in [9.17, 15) is 14.7 Å². The van der Waals surface area contributed by atoms with Gasteiger partial charge in [-0.2, -0.15) is 0 Å². The summed E-state index contributed by atoms with van der Waals surface area (Å²) < 4.78 is 0. The summed E-state index contributed by atoms with van der Waals surface area (Å²) in [5.41, 5.74) is 4.43. The molecule has 0 aliphatic carbocycles. The molecule has 0 atom stereocenters. The molecule has 0 spiro atoms. The monoisotopic (exact) mass is 493 g/mol. The summed E-state index contributed by atoms with van der Waals surface area (Å²) in [5.74, 6) is -0.633. The highest BCUT2D eigenvalue weighted by Gasteiger charge is 2.22. The Kier molecular flexibility index (Phi) is 9.01. The number of carboxylic acid groups (broad SMARTS) is 1. The number of nitrogens with one attached hydrogen (secondary N) is 4. The van der Waals surface area contributed by atoms with Gasteiger partial charge in [-0.05, 0) is 36.6 Å². The molecule has 12 heteroatoms. The minimum Gasteiger partial charge on any atom is -0.480 e. The second-order valence-corrected chi connectivity index (χ2v) is 8.06.